The summed E-state index contributed by atoms with van der Waals surface area (Å²) in [7, 11) is -22.7. The van der Waals surface area contributed by atoms with E-state index in [4.69, 9.17) is 18.6 Å². The number of esters is 1. The first-order valence-corrected chi connectivity index (χ1v) is 41.9. The average molecular weight is 1720 g/mol. The molecule has 0 saturated carbocycles. The van der Waals surface area contributed by atoms with Gasteiger partial charge in [0.2, 0.25) is 5.88 Å². The third-order valence-electron chi connectivity index (χ3n) is 17.3. The number of ether oxygens (including phenoxy) is 2. The van der Waals surface area contributed by atoms with Gasteiger partial charge >= 0.3 is 5.97 Å². The predicted molar refractivity (Wildman–Crippen MR) is 427 cm³/mol. The van der Waals surface area contributed by atoms with Crippen LogP contribution in [0.1, 0.15) is 53.9 Å². The molecule has 608 valence electrons. The number of imidazole rings is 4. The van der Waals surface area contributed by atoms with Crippen LogP contribution in [0.4, 0.5) is 45.6 Å². The molecular formula is C73H58N24O18S5. The van der Waals surface area contributed by atoms with E-state index in [0.717, 1.165) is 61.7 Å². The van der Waals surface area contributed by atoms with Crippen molar-refractivity contribution in [2.45, 2.75) is 65.2 Å². The Kier molecular flexibility index (Phi) is 22.1. The van der Waals surface area contributed by atoms with Crippen molar-refractivity contribution < 1.29 is 79.1 Å². The standard InChI is InChI=1S/C23H18N8O8S2.C18H17N5O4S.C16H10N6O3S.C16H13N5O3S/c1-3-39-23(32)20-19(22-25-15-6-4-5-7-16(15)30(22)29-20)26-27-21-14(11-24)12(2)28-31(21)17-10-13(40(33,34)35)8-9-18(17)41(36,37)38;1-11(2)27-18-16(17-19-14-8-3-4-9-15(14)23(17)22-18)21-20-12-6-5-7-13(10-12)28(24,25)26;17-9-13-15(16-18-12-6-1-2-7-14(12)22(16)21-13)20-19-10-4-3-5-11(8-10)26(23,24)25;1-10-15(16-17-13-4-2-3-5-14(13)21(16)20-10)19-18-11-6-8-12(9-7-11)25(22,23)24/h4-10,29H,3H2,1-2H3,(H,33,34,35)(H,36,37,38);3-11,22H,1-2H3,(H,24,25,26);1-8,21H,(H,23,24,25);2-9,20H,1H3,(H,22,23,24). The summed E-state index contributed by atoms with van der Waals surface area (Å²) in [5.74, 6) is -0.763. The van der Waals surface area contributed by atoms with Crippen molar-refractivity contribution >= 4 is 169 Å². The number of aromatic nitrogens is 14. The Morgan fingerprint density at radius 3 is 1.36 bits per heavy atom. The lowest BCUT2D eigenvalue weighted by Crippen LogP contribution is -2.09. The molecule has 42 nitrogen and oxygen atoms in total. The number of carbonyl (C=O) groups is 1. The van der Waals surface area contributed by atoms with E-state index in [1.54, 1.807) is 46.3 Å². The third kappa shape index (κ3) is 16.8. The van der Waals surface area contributed by atoms with E-state index in [9.17, 15) is 71.1 Å². The van der Waals surface area contributed by atoms with Crippen molar-refractivity contribution in [2.24, 2.45) is 40.9 Å². The van der Waals surface area contributed by atoms with Crippen LogP contribution >= 0.6 is 0 Å². The number of azo groups is 4. The van der Waals surface area contributed by atoms with Crippen LogP contribution in [-0.2, 0) is 55.3 Å². The second kappa shape index (κ2) is 32.4. The number of hydrogen-bond donors (Lipinski definition) is 9. The van der Waals surface area contributed by atoms with Crippen molar-refractivity contribution in [3.8, 4) is 23.7 Å². The molecule has 0 atom stereocenters. The highest BCUT2D eigenvalue weighted by atomic mass is 32.2. The first-order chi connectivity index (χ1) is 57.1. The van der Waals surface area contributed by atoms with Crippen molar-refractivity contribution in [2.75, 3.05) is 6.61 Å². The number of nitrogens with one attached hydrogen (secondary N) is 4. The Labute approximate surface area is 675 Å². The van der Waals surface area contributed by atoms with Crippen molar-refractivity contribution in [1.29, 1.82) is 10.5 Å². The number of fused-ring (bicyclic) bond motifs is 12. The lowest BCUT2D eigenvalue weighted by molar-refractivity contribution is 0.0519. The van der Waals surface area contributed by atoms with E-state index in [1.165, 1.54) is 78.2 Å². The van der Waals surface area contributed by atoms with Crippen LogP contribution in [-0.4, -0.2) is 152 Å². The summed E-state index contributed by atoms with van der Waals surface area (Å²) in [5, 5.41) is 68.4. The molecule has 0 radical (unpaired) electrons. The number of H-pyrrole nitrogens is 4. The first-order valence-electron chi connectivity index (χ1n) is 34.7. The fraction of sp³-hybridized carbons (Fsp3) is 0.0959. The minimum Gasteiger partial charge on any atom is -0.474 e. The fourth-order valence-corrected chi connectivity index (χ4v) is 14.7. The maximum atomic E-state index is 12.7. The van der Waals surface area contributed by atoms with E-state index in [-0.39, 0.29) is 84.3 Å². The number of aryl methyl sites for hydroxylation is 2. The van der Waals surface area contributed by atoms with E-state index >= 15 is 0 Å². The second-order valence-electron chi connectivity index (χ2n) is 25.7. The number of carbonyl (C=O) groups excluding carboxylic acids is 1. The second-order valence-corrected chi connectivity index (χ2v) is 32.8. The molecule has 0 fully saturated rings. The molecule has 0 aliphatic carbocycles. The van der Waals surface area contributed by atoms with Gasteiger partial charge in [0.25, 0.3) is 50.6 Å². The zero-order valence-electron chi connectivity index (χ0n) is 62.2. The Morgan fingerprint density at radius 2 is 0.875 bits per heavy atom. The number of para-hydroxylation sites is 8. The highest BCUT2D eigenvalue weighted by molar-refractivity contribution is 7.87. The van der Waals surface area contributed by atoms with Crippen molar-refractivity contribution in [3.63, 3.8) is 0 Å². The molecule has 9 N–H and O–H groups in total. The molecule has 0 spiro atoms. The van der Waals surface area contributed by atoms with Gasteiger partial charge in [-0.15, -0.1) is 25.6 Å². The zero-order valence-corrected chi connectivity index (χ0v) is 66.3. The Bertz CT molecular complexity index is 7830. The van der Waals surface area contributed by atoms with E-state index in [2.05, 4.69) is 86.3 Å². The van der Waals surface area contributed by atoms with Gasteiger partial charge < -0.3 is 9.47 Å². The highest BCUT2D eigenvalue weighted by Crippen LogP contribution is 2.39. The van der Waals surface area contributed by atoms with Gasteiger partial charge in [-0.3, -0.25) is 43.2 Å². The van der Waals surface area contributed by atoms with Crippen LogP contribution < -0.4 is 4.74 Å². The molecule has 9 heterocycles. The number of rotatable bonds is 18. The third-order valence-corrected chi connectivity index (χ3v) is 21.6. The molecule has 17 rings (SSSR count). The summed E-state index contributed by atoms with van der Waals surface area (Å²) in [6, 6.07) is 52.2. The van der Waals surface area contributed by atoms with Crippen molar-refractivity contribution in [1.82, 2.24) is 68.2 Å². The lowest BCUT2D eigenvalue weighted by atomic mass is 10.2. The van der Waals surface area contributed by atoms with Crippen LogP contribution in [0, 0.1) is 36.5 Å². The summed E-state index contributed by atoms with van der Waals surface area (Å²) in [4.78, 5) is 28.5. The Morgan fingerprint density at radius 1 is 0.450 bits per heavy atom. The van der Waals surface area contributed by atoms with Gasteiger partial charge in [0, 0.05) is 0 Å². The Hall–Kier alpha value is -14.8. The van der Waals surface area contributed by atoms with Crippen LogP contribution in [0.15, 0.2) is 253 Å². The van der Waals surface area contributed by atoms with E-state index in [1.807, 2.05) is 110 Å². The predicted octanol–water partition coefficient (Wildman–Crippen LogP) is 14.7. The molecular weight excluding hydrogens is 1660 g/mol. The van der Waals surface area contributed by atoms with Crippen LogP contribution in [0.5, 0.6) is 5.88 Å². The van der Waals surface area contributed by atoms with Gasteiger partial charge in [0.05, 0.1) is 111 Å². The number of nitrogens with zero attached hydrogens (tertiary/aromatic N) is 20. The summed E-state index contributed by atoms with van der Waals surface area (Å²) in [6.45, 7) is 8.70. The van der Waals surface area contributed by atoms with Gasteiger partial charge in [-0.1, -0.05) is 60.7 Å². The lowest BCUT2D eigenvalue weighted by Gasteiger charge is -2.10. The smallest absolute Gasteiger partial charge is 0.358 e. The molecule has 8 aromatic carbocycles. The summed E-state index contributed by atoms with van der Waals surface area (Å²) in [5.41, 5.74) is 10.1. The van der Waals surface area contributed by atoms with Crippen LogP contribution in [0.2, 0.25) is 0 Å². The van der Waals surface area contributed by atoms with Gasteiger partial charge in [-0.2, -0.15) is 73.1 Å². The molecule has 0 aliphatic rings. The molecule has 0 amide bonds. The van der Waals surface area contributed by atoms with E-state index in [0.29, 0.717) is 50.9 Å². The highest BCUT2D eigenvalue weighted by Gasteiger charge is 2.29. The van der Waals surface area contributed by atoms with Gasteiger partial charge in [0.15, 0.2) is 62.5 Å². The normalized spacial score (nSPS) is 12.4. The summed E-state index contributed by atoms with van der Waals surface area (Å²) >= 11 is 0. The molecule has 120 heavy (non-hydrogen) atoms. The van der Waals surface area contributed by atoms with Gasteiger partial charge in [-0.05, 0) is 162 Å². The average Bonchev–Trinajstić information content (AvgIpc) is 1.58. The van der Waals surface area contributed by atoms with Crippen LogP contribution in [0.25, 0.3) is 72.4 Å². The van der Waals surface area contributed by atoms with Crippen LogP contribution in [0.3, 0.4) is 0 Å². The van der Waals surface area contributed by atoms with Gasteiger partial charge in [0.1, 0.15) is 22.6 Å². The minimum atomic E-state index is -4.97. The monoisotopic (exact) mass is 1720 g/mol. The molecule has 47 heteroatoms. The minimum absolute atomic E-state index is 0.0383. The number of aromatic amines is 4. The Balaban J connectivity index is 0.000000134. The quantitative estimate of drug-likeness (QED) is 0.0219. The number of hydrogen-bond acceptors (Lipinski definition) is 28. The SMILES string of the molecule is CC(C)Oc1[nH]n2c(nc3ccccc32)c1N=Nc1cccc(S(=O)(=O)O)c1.CCOC(=O)c1[nH]n2c(nc3ccccc32)c1N=Nc1c(C#N)c(C)nn1-c1cc(S(=O)(=O)O)ccc1S(=O)(=O)O.Cc1[nH]n2c(nc3ccccc32)c1N=Nc1ccc(S(=O)(=O)O)cc1.N#Cc1[nH]n2c(nc3ccccc32)c1N=Nc1cccc(S(=O)(=O)O)c1. The molecule has 17 aromatic rings. The molecule has 0 unspecified atom stereocenters. The van der Waals surface area contributed by atoms with E-state index < -0.39 is 72.0 Å². The summed E-state index contributed by atoms with van der Waals surface area (Å²) < 4.78 is 180. The maximum absolute atomic E-state index is 12.7. The molecule has 0 aliphatic heterocycles. The number of benzene rings is 8. The maximum Gasteiger partial charge on any atom is 0.358 e. The molecule has 0 bridgehead atoms. The number of nitriles is 2. The fourth-order valence-electron chi connectivity index (χ4n) is 12.0. The molecule has 9 aromatic heterocycles. The molecule has 0 saturated heterocycles. The van der Waals surface area contributed by atoms with Gasteiger partial charge in [-0.25, -0.2) is 47.5 Å². The van der Waals surface area contributed by atoms with Crippen molar-refractivity contribution in [3.05, 3.63) is 216 Å². The first kappa shape index (κ1) is 81.8. The zero-order chi connectivity index (χ0) is 85.5. The topological polar surface area (TPSA) is 604 Å². The largest absolute Gasteiger partial charge is 0.474 e. The summed E-state index contributed by atoms with van der Waals surface area (Å²) in [6.07, 6.45) is -0.105.